The molecule has 1 N–H and O–H groups in total. The quantitative estimate of drug-likeness (QED) is 0.794. The van der Waals surface area contributed by atoms with E-state index in [9.17, 15) is 4.79 Å². The van der Waals surface area contributed by atoms with E-state index in [2.05, 4.69) is 23.1 Å². The molecule has 5 nitrogen and oxygen atoms in total. The van der Waals surface area contributed by atoms with E-state index in [-0.39, 0.29) is 11.9 Å². The molecule has 0 radical (unpaired) electrons. The molecule has 130 valence electrons. The van der Waals surface area contributed by atoms with Crippen molar-refractivity contribution in [1.82, 2.24) is 19.7 Å². The lowest BCUT2D eigenvalue weighted by Gasteiger charge is -2.25. The number of nitrogens with one attached hydrogen (secondary N) is 1. The number of carbonyl (C=O) groups excluding carboxylic acids is 1. The highest BCUT2D eigenvalue weighted by Gasteiger charge is 2.32. The maximum absolute atomic E-state index is 13.3. The molecule has 1 aliphatic heterocycles. The van der Waals surface area contributed by atoms with Crippen LogP contribution in [0, 0.1) is 20.8 Å². The molecule has 25 heavy (non-hydrogen) atoms. The molecule has 3 heterocycles. The number of rotatable bonds is 3. The Balaban J connectivity index is 1.64. The van der Waals surface area contributed by atoms with Crippen LogP contribution >= 0.6 is 0 Å². The molecule has 1 fully saturated rings. The number of fused-ring (bicyclic) bond motifs is 1. The van der Waals surface area contributed by atoms with Crippen molar-refractivity contribution < 1.29 is 4.79 Å². The molecule has 0 saturated carbocycles. The third kappa shape index (κ3) is 2.73. The summed E-state index contributed by atoms with van der Waals surface area (Å²) >= 11 is 0. The van der Waals surface area contributed by atoms with Gasteiger partial charge in [-0.2, -0.15) is 5.10 Å². The molecule has 0 bridgehead atoms. The molecular formula is C20H24N4O. The number of aromatic amines is 1. The van der Waals surface area contributed by atoms with Crippen molar-refractivity contribution >= 4 is 16.8 Å². The number of nitrogens with zero attached hydrogens (tertiary/aromatic N) is 3. The molecule has 2 aromatic heterocycles. The first-order valence-corrected chi connectivity index (χ1v) is 8.94. The highest BCUT2D eigenvalue weighted by atomic mass is 16.2. The van der Waals surface area contributed by atoms with Crippen molar-refractivity contribution in [2.75, 3.05) is 6.54 Å². The van der Waals surface area contributed by atoms with E-state index >= 15 is 0 Å². The van der Waals surface area contributed by atoms with Gasteiger partial charge in [0.2, 0.25) is 0 Å². The average molecular weight is 336 g/mol. The van der Waals surface area contributed by atoms with Crippen LogP contribution in [0.5, 0.6) is 0 Å². The van der Waals surface area contributed by atoms with E-state index in [1.807, 2.05) is 47.7 Å². The zero-order valence-electron chi connectivity index (χ0n) is 15.0. The van der Waals surface area contributed by atoms with Gasteiger partial charge in [0.1, 0.15) is 0 Å². The van der Waals surface area contributed by atoms with Gasteiger partial charge in [-0.15, -0.1) is 0 Å². The topological polar surface area (TPSA) is 53.9 Å². The Labute approximate surface area is 147 Å². The summed E-state index contributed by atoms with van der Waals surface area (Å²) < 4.78 is 2.04. The molecule has 3 aromatic rings. The van der Waals surface area contributed by atoms with Crippen LogP contribution in [0.25, 0.3) is 10.9 Å². The standard InChI is InChI=1S/C20H24N4O/c1-13-11-14(2)24(22-13)12-16-7-6-10-23(16)20(25)19-15(3)21-18-9-5-4-8-17(18)19/h4-5,8-9,11,16,21H,6-7,10,12H2,1-3H3/t16-/m1/s1. The van der Waals surface area contributed by atoms with Crippen LogP contribution in [0.4, 0.5) is 0 Å². The number of likely N-dealkylation sites (tertiary alicyclic amines) is 1. The van der Waals surface area contributed by atoms with Crippen LogP contribution in [0.3, 0.4) is 0 Å². The minimum atomic E-state index is 0.138. The number of carbonyl (C=O) groups is 1. The van der Waals surface area contributed by atoms with E-state index in [1.165, 1.54) is 0 Å². The maximum atomic E-state index is 13.3. The van der Waals surface area contributed by atoms with Gasteiger partial charge >= 0.3 is 0 Å². The molecule has 1 aliphatic rings. The summed E-state index contributed by atoms with van der Waals surface area (Å²) in [5.41, 5.74) is 4.97. The van der Waals surface area contributed by atoms with Gasteiger partial charge in [-0.1, -0.05) is 18.2 Å². The van der Waals surface area contributed by atoms with Crippen molar-refractivity contribution in [3.63, 3.8) is 0 Å². The van der Waals surface area contributed by atoms with Crippen molar-refractivity contribution in [3.05, 3.63) is 53.0 Å². The normalized spacial score (nSPS) is 17.6. The highest BCUT2D eigenvalue weighted by Crippen LogP contribution is 2.28. The Bertz CT molecular complexity index is 936. The van der Waals surface area contributed by atoms with Crippen LogP contribution in [-0.4, -0.2) is 38.2 Å². The van der Waals surface area contributed by atoms with Gasteiger partial charge in [-0.3, -0.25) is 9.48 Å². The van der Waals surface area contributed by atoms with Gasteiger partial charge in [0.05, 0.1) is 23.8 Å². The Hall–Kier alpha value is -2.56. The van der Waals surface area contributed by atoms with E-state index in [0.717, 1.165) is 59.5 Å². The van der Waals surface area contributed by atoms with Crippen molar-refractivity contribution in [1.29, 1.82) is 0 Å². The number of aryl methyl sites for hydroxylation is 3. The minimum absolute atomic E-state index is 0.138. The van der Waals surface area contributed by atoms with E-state index < -0.39 is 0 Å². The number of H-pyrrole nitrogens is 1. The number of hydrogen-bond donors (Lipinski definition) is 1. The van der Waals surface area contributed by atoms with Crippen LogP contribution in [0.2, 0.25) is 0 Å². The highest BCUT2D eigenvalue weighted by molar-refractivity contribution is 6.08. The Morgan fingerprint density at radius 1 is 1.28 bits per heavy atom. The van der Waals surface area contributed by atoms with Gasteiger partial charge in [0, 0.05) is 28.8 Å². The first-order chi connectivity index (χ1) is 12.0. The lowest BCUT2D eigenvalue weighted by Crippen LogP contribution is -2.38. The molecule has 1 amide bonds. The van der Waals surface area contributed by atoms with Crippen molar-refractivity contribution in [3.8, 4) is 0 Å². The van der Waals surface area contributed by atoms with Gasteiger partial charge in [0.15, 0.2) is 0 Å². The molecule has 1 aromatic carbocycles. The molecule has 0 aliphatic carbocycles. The Morgan fingerprint density at radius 2 is 2.08 bits per heavy atom. The fourth-order valence-electron chi connectivity index (χ4n) is 4.05. The second-order valence-corrected chi connectivity index (χ2v) is 7.07. The Morgan fingerprint density at radius 3 is 2.84 bits per heavy atom. The number of benzene rings is 1. The van der Waals surface area contributed by atoms with Crippen molar-refractivity contribution in [2.45, 2.75) is 46.2 Å². The van der Waals surface area contributed by atoms with Gasteiger partial charge in [-0.05, 0) is 45.7 Å². The molecule has 5 heteroatoms. The molecule has 1 saturated heterocycles. The largest absolute Gasteiger partial charge is 0.358 e. The predicted octanol–water partition coefficient (Wildman–Crippen LogP) is 3.59. The smallest absolute Gasteiger partial charge is 0.256 e. The molecule has 0 unspecified atom stereocenters. The second kappa shape index (κ2) is 6.06. The van der Waals surface area contributed by atoms with Crippen LogP contribution in [0.1, 0.15) is 40.3 Å². The van der Waals surface area contributed by atoms with Gasteiger partial charge in [0.25, 0.3) is 5.91 Å². The fraction of sp³-hybridized carbons (Fsp3) is 0.400. The lowest BCUT2D eigenvalue weighted by molar-refractivity contribution is 0.0722. The molecular weight excluding hydrogens is 312 g/mol. The van der Waals surface area contributed by atoms with Crippen LogP contribution in [0.15, 0.2) is 30.3 Å². The zero-order valence-corrected chi connectivity index (χ0v) is 15.0. The summed E-state index contributed by atoms with van der Waals surface area (Å²) in [5, 5.41) is 5.59. The number of para-hydroxylation sites is 1. The number of hydrogen-bond acceptors (Lipinski definition) is 2. The maximum Gasteiger partial charge on any atom is 0.256 e. The second-order valence-electron chi connectivity index (χ2n) is 7.07. The summed E-state index contributed by atoms with van der Waals surface area (Å²) in [6.45, 7) is 7.66. The van der Waals surface area contributed by atoms with Crippen LogP contribution in [-0.2, 0) is 6.54 Å². The molecule has 0 spiro atoms. The van der Waals surface area contributed by atoms with Crippen molar-refractivity contribution in [2.24, 2.45) is 0 Å². The molecule has 1 atom stereocenters. The first kappa shape index (κ1) is 15.9. The number of aromatic nitrogens is 3. The van der Waals surface area contributed by atoms with E-state index in [1.54, 1.807) is 0 Å². The average Bonchev–Trinajstić information content (AvgIpc) is 3.24. The van der Waals surface area contributed by atoms with Gasteiger partial charge in [-0.25, -0.2) is 0 Å². The third-order valence-electron chi connectivity index (χ3n) is 5.23. The minimum Gasteiger partial charge on any atom is -0.358 e. The fourth-order valence-corrected chi connectivity index (χ4v) is 4.05. The van der Waals surface area contributed by atoms with Crippen LogP contribution < -0.4 is 0 Å². The summed E-state index contributed by atoms with van der Waals surface area (Å²) in [5.74, 6) is 0.138. The van der Waals surface area contributed by atoms with E-state index in [4.69, 9.17) is 0 Å². The summed E-state index contributed by atoms with van der Waals surface area (Å²) in [6, 6.07) is 10.3. The predicted molar refractivity (Wildman–Crippen MR) is 98.8 cm³/mol. The first-order valence-electron chi connectivity index (χ1n) is 8.94. The zero-order chi connectivity index (χ0) is 17.6. The summed E-state index contributed by atoms with van der Waals surface area (Å²) in [6.07, 6.45) is 2.09. The van der Waals surface area contributed by atoms with Gasteiger partial charge < -0.3 is 9.88 Å². The lowest BCUT2D eigenvalue weighted by atomic mass is 10.1. The monoisotopic (exact) mass is 336 g/mol. The summed E-state index contributed by atoms with van der Waals surface area (Å²) in [4.78, 5) is 18.7. The van der Waals surface area contributed by atoms with E-state index in [0.29, 0.717) is 0 Å². The number of amides is 1. The SMILES string of the molecule is Cc1cc(C)n(C[C@H]2CCCN2C(=O)c2c(C)[nH]c3ccccc23)n1. The Kier molecular flexibility index (Phi) is 3.86. The third-order valence-corrected chi connectivity index (χ3v) is 5.23. The molecule has 4 rings (SSSR count). The summed E-state index contributed by atoms with van der Waals surface area (Å²) in [7, 11) is 0.